The van der Waals surface area contributed by atoms with Crippen LogP contribution in [0.5, 0.6) is 0 Å². The molecule has 6 aromatic rings. The van der Waals surface area contributed by atoms with Gasteiger partial charge in [0.25, 0.3) is 37.1 Å². The van der Waals surface area contributed by atoms with Crippen molar-refractivity contribution in [3.8, 4) is 0 Å². The molecule has 0 fully saturated rings. The number of H-pyrrole nitrogens is 1. The largest absolute Gasteiger partial charge is 0.523 e. The van der Waals surface area contributed by atoms with Crippen LogP contribution in [-0.2, 0) is 27.4 Å². The second-order valence-electron chi connectivity index (χ2n) is 10.8. The Morgan fingerprint density at radius 2 is 1.19 bits per heavy atom. The number of aliphatic hydroxyl groups excluding tert-OH is 1. The van der Waals surface area contributed by atoms with Gasteiger partial charge in [0.1, 0.15) is 26.3 Å². The van der Waals surface area contributed by atoms with Gasteiger partial charge in [-0.3, -0.25) is 38.9 Å². The lowest BCUT2D eigenvalue weighted by Crippen LogP contribution is -2.27. The van der Waals surface area contributed by atoms with Crippen LogP contribution in [-0.4, -0.2) is 97.6 Å². The zero-order valence-electron chi connectivity index (χ0n) is 29.1. The number of non-ortho nitro benzene ring substituents is 2. The van der Waals surface area contributed by atoms with Gasteiger partial charge in [0.05, 0.1) is 45.0 Å². The summed E-state index contributed by atoms with van der Waals surface area (Å²) in [5, 5.41) is 44.3. The van der Waals surface area contributed by atoms with Crippen molar-refractivity contribution >= 4 is 59.9 Å². The van der Waals surface area contributed by atoms with Crippen molar-refractivity contribution in [2.75, 3.05) is 18.9 Å². The number of nitro benzene ring substituents is 2. The first-order valence-electron chi connectivity index (χ1n) is 15.5. The zero-order valence-corrected chi connectivity index (χ0v) is 30.0. The van der Waals surface area contributed by atoms with E-state index in [1.54, 1.807) is 30.5 Å². The van der Waals surface area contributed by atoms with E-state index < -0.39 is 70.9 Å². The minimum absolute atomic E-state index is 0.0795. The third-order valence-corrected chi connectivity index (χ3v) is 7.54. The number of hydrogen-bond donors (Lipinski definition) is 3. The molecule has 0 amide bonds. The van der Waals surface area contributed by atoms with Crippen LogP contribution in [0.15, 0.2) is 73.2 Å². The molecule has 17 nitrogen and oxygen atoms in total. The van der Waals surface area contributed by atoms with Crippen LogP contribution < -0.4 is 5.73 Å². The topological polar surface area (TPSA) is 240 Å². The summed E-state index contributed by atoms with van der Waals surface area (Å²) < 4.78 is 151. The van der Waals surface area contributed by atoms with Crippen molar-refractivity contribution < 1.29 is 75.8 Å². The summed E-state index contributed by atoms with van der Waals surface area (Å²) in [5.41, 5.74) is 2.46. The van der Waals surface area contributed by atoms with Gasteiger partial charge >= 0.3 is 15.6 Å². The minimum atomic E-state index is -5.87. The number of aliphatic hydroxyl groups is 1. The Morgan fingerprint density at radius 1 is 0.729 bits per heavy atom. The Balaban J connectivity index is 0.000000263. The van der Waals surface area contributed by atoms with E-state index in [-0.39, 0.29) is 17.9 Å². The average Bonchev–Trinajstić information content (AvgIpc) is 3.89. The highest BCUT2D eigenvalue weighted by atomic mass is 32.2. The van der Waals surface area contributed by atoms with Crippen LogP contribution in [0.25, 0.3) is 32.7 Å². The molecule has 0 aliphatic heterocycles. The maximum absolute atomic E-state index is 12.2. The molecule has 3 aromatic carbocycles. The number of nitro groups is 2. The molecular weight excluding hydrogens is 855 g/mol. The summed E-state index contributed by atoms with van der Waals surface area (Å²) >= 11 is 0. The summed E-state index contributed by atoms with van der Waals surface area (Å²) in [7, 11) is -5.87. The summed E-state index contributed by atoms with van der Waals surface area (Å²) in [4.78, 5) is 19.9. The number of nitrogen functional groups attached to an aromatic ring is 1. The molecule has 0 atom stereocenters. The predicted molar refractivity (Wildman–Crippen MR) is 185 cm³/mol. The number of nitrogens with zero attached hydrogens (tertiary/aromatic N) is 7. The molecule has 3 heterocycles. The molecule has 0 bridgehead atoms. The minimum Gasteiger partial charge on any atom is -0.399 e. The van der Waals surface area contributed by atoms with Crippen molar-refractivity contribution in [1.29, 1.82) is 0 Å². The van der Waals surface area contributed by atoms with Gasteiger partial charge in [-0.1, -0.05) is 0 Å². The third-order valence-electron chi connectivity index (χ3n) is 6.53. The van der Waals surface area contributed by atoms with Gasteiger partial charge in [0.2, 0.25) is 0 Å². The van der Waals surface area contributed by atoms with Gasteiger partial charge in [0.15, 0.2) is 0 Å². The third kappa shape index (κ3) is 15.9. The number of rotatable bonds is 10. The van der Waals surface area contributed by atoms with E-state index in [4.69, 9.17) is 10.8 Å². The fourth-order valence-electron chi connectivity index (χ4n) is 4.10. The second-order valence-corrected chi connectivity index (χ2v) is 12.4. The molecular formula is C30H28F11N9O8S. The van der Waals surface area contributed by atoms with E-state index in [1.807, 2.05) is 0 Å². The molecule has 4 N–H and O–H groups in total. The number of nitrogens with one attached hydrogen (secondary N) is 1. The maximum Gasteiger partial charge on any atom is 0.523 e. The van der Waals surface area contributed by atoms with Gasteiger partial charge in [-0.05, 0) is 30.3 Å². The summed E-state index contributed by atoms with van der Waals surface area (Å²) in [5.74, 6) is 0. The van der Waals surface area contributed by atoms with Gasteiger partial charge in [0, 0.05) is 46.1 Å². The number of aromatic amines is 1. The number of hydrogen-bond acceptors (Lipinski definition) is 12. The first-order valence-corrected chi connectivity index (χ1v) is 16.9. The van der Waals surface area contributed by atoms with Gasteiger partial charge in [-0.2, -0.15) is 36.9 Å². The first-order chi connectivity index (χ1) is 27.4. The van der Waals surface area contributed by atoms with E-state index in [0.717, 1.165) is 21.0 Å². The Morgan fingerprint density at radius 3 is 1.63 bits per heavy atom. The fraction of sp³-hybridized carbons (Fsp3) is 0.300. The molecule has 6 rings (SSSR count). The van der Waals surface area contributed by atoms with Gasteiger partial charge < -0.3 is 10.8 Å². The number of anilines is 1. The Labute approximate surface area is 322 Å². The molecule has 324 valence electrons. The van der Waals surface area contributed by atoms with Crippen molar-refractivity contribution in [3.05, 3.63) is 93.4 Å². The van der Waals surface area contributed by atoms with Gasteiger partial charge in [-0.25, -0.2) is 35.1 Å². The Kier molecular flexibility index (Phi) is 18.3. The normalized spacial score (nSPS) is 11.5. The number of benzene rings is 3. The number of nitrogens with two attached hydrogens (primary N) is 1. The zero-order chi connectivity index (χ0) is 44.7. The lowest BCUT2D eigenvalue weighted by Gasteiger charge is -2.06. The highest BCUT2D eigenvalue weighted by molar-refractivity contribution is 7.87. The number of alkyl halides is 11. The van der Waals surface area contributed by atoms with Crippen molar-refractivity contribution in [3.63, 3.8) is 0 Å². The number of halogens is 11. The summed E-state index contributed by atoms with van der Waals surface area (Å²) in [6, 6.07) is 13.6. The summed E-state index contributed by atoms with van der Waals surface area (Å²) in [6.07, 6.45) is -6.28. The Bertz CT molecular complexity index is 2380. The quantitative estimate of drug-likeness (QED) is 0.0317. The van der Waals surface area contributed by atoms with E-state index >= 15 is 0 Å². The van der Waals surface area contributed by atoms with E-state index in [1.165, 1.54) is 47.4 Å². The van der Waals surface area contributed by atoms with Crippen LogP contribution in [0.1, 0.15) is 0 Å². The molecule has 59 heavy (non-hydrogen) atoms. The highest BCUT2D eigenvalue weighted by Crippen LogP contribution is 2.25. The van der Waals surface area contributed by atoms with E-state index in [2.05, 4.69) is 24.6 Å². The van der Waals surface area contributed by atoms with Crippen LogP contribution in [0.4, 0.5) is 65.4 Å². The molecule has 29 heteroatoms. The predicted octanol–water partition coefficient (Wildman–Crippen LogP) is 6.93. The molecule has 0 aliphatic carbocycles. The van der Waals surface area contributed by atoms with Gasteiger partial charge in [-0.15, -0.1) is 0 Å². The first kappa shape index (κ1) is 48.9. The number of aromatic nitrogens is 6. The van der Waals surface area contributed by atoms with E-state index in [9.17, 15) is 76.9 Å². The standard InChI is InChI=1S/C9H7F2N3O2.C9H9F2N3.C7H5N3O2.C3H3F5O3S.C2H4F2O/c10-9(11)5-13-8-2-1-7(14(15)16)3-6(8)4-12-13;10-9(11)5-14-8-2-1-7(12)3-6(8)4-13-14;11-10(12)6-1-2-7-5(3-6)4-8-9-7;4-2(5)1-11-12(9,10)3(6,7)8;3-2(4)1-5/h1-4,9H,5H2;1-4,9H,5,12H2;1-4H,(H,8,9);2H,1H2;2,5H,1H2. The fourth-order valence-corrected chi connectivity index (χ4v) is 4.51. The second kappa shape index (κ2) is 22.1. The van der Waals surface area contributed by atoms with Crippen LogP contribution in [0.3, 0.4) is 0 Å². The smallest absolute Gasteiger partial charge is 0.399 e. The summed E-state index contributed by atoms with van der Waals surface area (Å²) in [6.45, 7) is -3.71. The van der Waals surface area contributed by atoms with Crippen LogP contribution in [0.2, 0.25) is 0 Å². The molecule has 0 saturated carbocycles. The SMILES string of the molecule is Nc1ccc2c(cnn2CC(F)F)c1.O=S(=O)(OCC(F)F)C(F)(F)F.O=[N+]([O-])c1ccc2[nH]ncc2c1.O=[N+]([O-])c1ccc2c(cnn2CC(F)F)c1.OCC(F)F. The van der Waals surface area contributed by atoms with Crippen LogP contribution >= 0.6 is 0 Å². The Hall–Kier alpha value is -6.23. The lowest BCUT2D eigenvalue weighted by molar-refractivity contribution is -0.384. The lowest BCUT2D eigenvalue weighted by atomic mass is 10.2. The molecule has 0 saturated heterocycles. The van der Waals surface area contributed by atoms with Crippen molar-refractivity contribution in [2.24, 2.45) is 0 Å². The van der Waals surface area contributed by atoms with Crippen LogP contribution in [0, 0.1) is 20.2 Å². The van der Waals surface area contributed by atoms with E-state index in [0.29, 0.717) is 22.1 Å². The average molecular weight is 884 g/mol. The molecule has 0 unspecified atom stereocenters. The van der Waals surface area contributed by atoms with Crippen molar-refractivity contribution in [1.82, 2.24) is 29.8 Å². The monoisotopic (exact) mass is 883 g/mol. The number of fused-ring (bicyclic) bond motifs is 3. The molecule has 0 spiro atoms. The molecule has 0 radical (unpaired) electrons. The highest BCUT2D eigenvalue weighted by Gasteiger charge is 2.47. The molecule has 3 aromatic heterocycles. The van der Waals surface area contributed by atoms with Crippen molar-refractivity contribution in [2.45, 2.75) is 44.3 Å². The maximum atomic E-state index is 12.2. The molecule has 0 aliphatic rings.